The van der Waals surface area contributed by atoms with Crippen LogP contribution in [0.5, 0.6) is 11.5 Å². The SMILES string of the molecule is CCCOc1ccccc1C=NNc1nncn1/N=C/c1ccccc1OCCC. The van der Waals surface area contributed by atoms with E-state index in [2.05, 4.69) is 39.7 Å². The highest BCUT2D eigenvalue weighted by atomic mass is 16.5. The van der Waals surface area contributed by atoms with Gasteiger partial charge in [-0.25, -0.2) is 5.43 Å². The maximum Gasteiger partial charge on any atom is 0.265 e. The average molecular weight is 406 g/mol. The van der Waals surface area contributed by atoms with Gasteiger partial charge in [-0.05, 0) is 37.1 Å². The predicted molar refractivity (Wildman–Crippen MR) is 119 cm³/mol. The van der Waals surface area contributed by atoms with Crippen molar-refractivity contribution < 1.29 is 9.47 Å². The number of para-hydroxylation sites is 2. The van der Waals surface area contributed by atoms with Crippen LogP contribution in [0.2, 0.25) is 0 Å². The predicted octanol–water partition coefficient (Wildman–Crippen LogP) is 4.18. The highest BCUT2D eigenvalue weighted by Gasteiger charge is 2.04. The maximum atomic E-state index is 5.76. The molecule has 0 aliphatic heterocycles. The lowest BCUT2D eigenvalue weighted by molar-refractivity contribution is 0.317. The molecule has 0 atom stereocenters. The third-order valence-electron chi connectivity index (χ3n) is 3.98. The van der Waals surface area contributed by atoms with Crippen LogP contribution in [0.25, 0.3) is 0 Å². The van der Waals surface area contributed by atoms with Gasteiger partial charge in [0, 0.05) is 11.1 Å². The van der Waals surface area contributed by atoms with Gasteiger partial charge in [0.15, 0.2) is 0 Å². The summed E-state index contributed by atoms with van der Waals surface area (Å²) in [4.78, 5) is 0. The number of anilines is 1. The fourth-order valence-corrected chi connectivity index (χ4v) is 2.53. The van der Waals surface area contributed by atoms with E-state index in [9.17, 15) is 0 Å². The Balaban J connectivity index is 1.68. The lowest BCUT2D eigenvalue weighted by atomic mass is 10.2. The summed E-state index contributed by atoms with van der Waals surface area (Å²) < 4.78 is 13.0. The summed E-state index contributed by atoms with van der Waals surface area (Å²) >= 11 is 0. The van der Waals surface area contributed by atoms with Crippen LogP contribution in [0.1, 0.15) is 37.8 Å². The van der Waals surface area contributed by atoms with E-state index >= 15 is 0 Å². The maximum absolute atomic E-state index is 5.76. The van der Waals surface area contributed by atoms with Gasteiger partial charge in [0.25, 0.3) is 5.95 Å². The van der Waals surface area contributed by atoms with E-state index in [0.717, 1.165) is 35.5 Å². The van der Waals surface area contributed by atoms with Gasteiger partial charge >= 0.3 is 0 Å². The van der Waals surface area contributed by atoms with E-state index in [1.165, 1.54) is 11.0 Å². The number of benzene rings is 2. The molecule has 0 unspecified atom stereocenters. The second-order valence-electron chi connectivity index (χ2n) is 6.39. The van der Waals surface area contributed by atoms with E-state index < -0.39 is 0 Å². The van der Waals surface area contributed by atoms with Crippen LogP contribution in [0, 0.1) is 0 Å². The fourth-order valence-electron chi connectivity index (χ4n) is 2.53. The van der Waals surface area contributed by atoms with Gasteiger partial charge in [-0.15, -0.1) is 10.2 Å². The zero-order valence-electron chi connectivity index (χ0n) is 17.2. The van der Waals surface area contributed by atoms with Crippen molar-refractivity contribution in [2.45, 2.75) is 26.7 Å². The van der Waals surface area contributed by atoms with Crippen molar-refractivity contribution in [2.24, 2.45) is 10.2 Å². The Kier molecular flexibility index (Phi) is 7.96. The largest absolute Gasteiger partial charge is 0.493 e. The molecule has 0 aliphatic carbocycles. The number of rotatable bonds is 11. The van der Waals surface area contributed by atoms with Gasteiger partial charge in [0.05, 0.1) is 25.6 Å². The molecule has 1 aromatic heterocycles. The first-order valence-electron chi connectivity index (χ1n) is 9.99. The van der Waals surface area contributed by atoms with Crippen LogP contribution in [0.3, 0.4) is 0 Å². The van der Waals surface area contributed by atoms with Crippen molar-refractivity contribution in [1.82, 2.24) is 14.9 Å². The summed E-state index contributed by atoms with van der Waals surface area (Å²) in [5, 5.41) is 16.6. The Morgan fingerprint density at radius 3 is 2.13 bits per heavy atom. The number of ether oxygens (including phenoxy) is 2. The summed E-state index contributed by atoms with van der Waals surface area (Å²) in [6.07, 6.45) is 6.77. The van der Waals surface area contributed by atoms with Gasteiger partial charge in [0.1, 0.15) is 17.8 Å². The minimum absolute atomic E-state index is 0.390. The van der Waals surface area contributed by atoms with Gasteiger partial charge in [-0.3, -0.25) is 0 Å². The Bertz CT molecular complexity index is 983. The highest BCUT2D eigenvalue weighted by molar-refractivity contribution is 5.84. The highest BCUT2D eigenvalue weighted by Crippen LogP contribution is 2.17. The molecular weight excluding hydrogens is 380 g/mol. The zero-order valence-corrected chi connectivity index (χ0v) is 17.2. The third-order valence-corrected chi connectivity index (χ3v) is 3.98. The van der Waals surface area contributed by atoms with Crippen molar-refractivity contribution >= 4 is 18.4 Å². The molecule has 3 rings (SSSR count). The van der Waals surface area contributed by atoms with Crippen molar-refractivity contribution in [3.63, 3.8) is 0 Å². The van der Waals surface area contributed by atoms with Gasteiger partial charge in [-0.2, -0.15) is 14.9 Å². The first-order chi connectivity index (χ1) is 14.8. The Hall–Kier alpha value is -3.68. The van der Waals surface area contributed by atoms with Gasteiger partial charge in [0.2, 0.25) is 0 Å². The minimum atomic E-state index is 0.390. The van der Waals surface area contributed by atoms with Crippen molar-refractivity contribution in [3.8, 4) is 11.5 Å². The molecule has 1 heterocycles. The van der Waals surface area contributed by atoms with Crippen LogP contribution < -0.4 is 14.9 Å². The van der Waals surface area contributed by atoms with Crippen molar-refractivity contribution in [3.05, 3.63) is 66.0 Å². The molecule has 0 saturated carbocycles. The smallest absolute Gasteiger partial charge is 0.265 e. The lowest BCUT2D eigenvalue weighted by Gasteiger charge is -2.07. The summed E-state index contributed by atoms with van der Waals surface area (Å²) in [7, 11) is 0. The quantitative estimate of drug-likeness (QED) is 0.381. The Morgan fingerprint density at radius 2 is 1.50 bits per heavy atom. The summed E-state index contributed by atoms with van der Waals surface area (Å²) in [6, 6.07) is 15.5. The molecule has 3 aromatic rings. The molecule has 0 radical (unpaired) electrons. The molecule has 1 N–H and O–H groups in total. The topological polar surface area (TPSA) is 85.9 Å². The second-order valence-corrected chi connectivity index (χ2v) is 6.39. The minimum Gasteiger partial charge on any atom is -0.493 e. The van der Waals surface area contributed by atoms with E-state index in [4.69, 9.17) is 9.47 Å². The molecule has 0 fully saturated rings. The van der Waals surface area contributed by atoms with Gasteiger partial charge in [-0.1, -0.05) is 38.1 Å². The normalized spacial score (nSPS) is 11.3. The lowest BCUT2D eigenvalue weighted by Crippen LogP contribution is -2.02. The Labute approximate surface area is 176 Å². The second kappa shape index (κ2) is 11.4. The molecule has 2 aromatic carbocycles. The van der Waals surface area contributed by atoms with Crippen LogP contribution >= 0.6 is 0 Å². The van der Waals surface area contributed by atoms with Crippen LogP contribution in [0.4, 0.5) is 5.95 Å². The third kappa shape index (κ3) is 5.91. The fraction of sp³-hybridized carbons (Fsp3) is 0.273. The summed E-state index contributed by atoms with van der Waals surface area (Å²) in [5.74, 6) is 1.96. The molecule has 0 bridgehead atoms. The first kappa shape index (κ1) is 21.0. The number of hydrogen-bond donors (Lipinski definition) is 1. The summed E-state index contributed by atoms with van der Waals surface area (Å²) in [6.45, 7) is 5.45. The molecule has 0 spiro atoms. The molecule has 30 heavy (non-hydrogen) atoms. The zero-order chi connectivity index (χ0) is 21.0. The number of hydrogen-bond acceptors (Lipinski definition) is 7. The molecular formula is C22H26N6O2. The molecule has 8 heteroatoms. The molecule has 156 valence electrons. The standard InChI is InChI=1S/C22H26N6O2/c1-3-13-29-20-11-7-5-9-18(20)15-23-26-22-27-24-17-28(22)25-16-19-10-6-8-12-21(19)30-14-4-2/h5-12,15-17H,3-4,13-14H2,1-2H3,(H,26,27)/b23-15?,25-16+. The number of aromatic nitrogens is 3. The molecule has 0 amide bonds. The van der Waals surface area contributed by atoms with E-state index in [1.807, 2.05) is 48.5 Å². The van der Waals surface area contributed by atoms with Crippen molar-refractivity contribution in [1.29, 1.82) is 0 Å². The average Bonchev–Trinajstić information content (AvgIpc) is 3.23. The van der Waals surface area contributed by atoms with E-state index in [-0.39, 0.29) is 0 Å². The van der Waals surface area contributed by atoms with E-state index in [1.54, 1.807) is 12.4 Å². The van der Waals surface area contributed by atoms with Crippen molar-refractivity contribution in [2.75, 3.05) is 18.6 Å². The van der Waals surface area contributed by atoms with E-state index in [0.29, 0.717) is 19.2 Å². The molecule has 8 nitrogen and oxygen atoms in total. The number of nitrogens with zero attached hydrogens (tertiary/aromatic N) is 5. The molecule has 0 aliphatic rings. The number of hydrazone groups is 1. The summed E-state index contributed by atoms with van der Waals surface area (Å²) in [5.41, 5.74) is 4.61. The van der Waals surface area contributed by atoms with Crippen LogP contribution in [-0.2, 0) is 0 Å². The first-order valence-corrected chi connectivity index (χ1v) is 9.99. The van der Waals surface area contributed by atoms with Gasteiger partial charge < -0.3 is 9.47 Å². The van der Waals surface area contributed by atoms with Crippen LogP contribution in [-0.4, -0.2) is 40.5 Å². The molecule has 0 saturated heterocycles. The number of nitrogens with one attached hydrogen (secondary N) is 1. The Morgan fingerprint density at radius 1 is 0.900 bits per heavy atom. The monoisotopic (exact) mass is 406 g/mol. The van der Waals surface area contributed by atoms with Crippen LogP contribution in [0.15, 0.2) is 65.1 Å².